The molecule has 0 aliphatic heterocycles. The van der Waals surface area contributed by atoms with Gasteiger partial charge in [0, 0.05) is 10.6 Å². The van der Waals surface area contributed by atoms with Gasteiger partial charge in [0.1, 0.15) is 0 Å². The predicted octanol–water partition coefficient (Wildman–Crippen LogP) is 3.38. The van der Waals surface area contributed by atoms with E-state index in [2.05, 4.69) is 0 Å². The molecule has 2 rings (SSSR count). The fraction of sp³-hybridized carbons (Fsp3) is 0.125. The molecule has 0 atom stereocenters. The Morgan fingerprint density at radius 1 is 0.960 bits per heavy atom. The van der Waals surface area contributed by atoms with Crippen LogP contribution in [-0.4, -0.2) is 32.5 Å². The summed E-state index contributed by atoms with van der Waals surface area (Å²) in [6.45, 7) is -0.530. The average Bonchev–Trinajstić information content (AvgIpc) is 2.60. The quantitative estimate of drug-likeness (QED) is 0.560. The fourth-order valence-corrected chi connectivity index (χ4v) is 2.66. The topological polar surface area (TPSA) is 77.5 Å². The Bertz CT molecular complexity index is 878. The lowest BCUT2D eigenvalue weighted by Gasteiger charge is -2.06. The van der Waals surface area contributed by atoms with E-state index in [0.29, 0.717) is 10.6 Å². The molecule has 0 unspecified atom stereocenters. The Morgan fingerprint density at radius 3 is 2.00 bits per heavy atom. The first-order chi connectivity index (χ1) is 11.7. The van der Waals surface area contributed by atoms with Gasteiger partial charge >= 0.3 is 11.7 Å². The number of carbonyl (C=O) groups excluding carboxylic acids is 2. The first-order valence-electron chi connectivity index (χ1n) is 6.80. The smallest absolute Gasteiger partial charge is 0.341 e. The van der Waals surface area contributed by atoms with E-state index in [0.717, 1.165) is 24.3 Å². The minimum atomic E-state index is -4.73. The van der Waals surface area contributed by atoms with E-state index in [-0.39, 0.29) is 5.56 Å². The number of benzene rings is 2. The van der Waals surface area contributed by atoms with E-state index < -0.39 is 38.8 Å². The number of sulfone groups is 1. The van der Waals surface area contributed by atoms with Crippen LogP contribution in [0, 0.1) is 0 Å². The van der Waals surface area contributed by atoms with Gasteiger partial charge in [-0.1, -0.05) is 11.6 Å². The number of rotatable bonds is 6. The van der Waals surface area contributed by atoms with Crippen molar-refractivity contribution in [3.8, 4) is 0 Å². The summed E-state index contributed by atoms with van der Waals surface area (Å²) in [6, 6.07) is 9.79. The number of halogens is 3. The van der Waals surface area contributed by atoms with E-state index >= 15 is 0 Å². The van der Waals surface area contributed by atoms with Crippen molar-refractivity contribution < 1.29 is 31.5 Å². The van der Waals surface area contributed by atoms with Gasteiger partial charge in [-0.05, 0) is 48.5 Å². The molecule has 0 saturated heterocycles. The second kappa shape index (κ2) is 7.71. The maximum absolute atomic E-state index is 12.4. The first-order valence-corrected chi connectivity index (χ1v) is 8.72. The van der Waals surface area contributed by atoms with Gasteiger partial charge in [0.15, 0.2) is 12.4 Å². The van der Waals surface area contributed by atoms with Gasteiger partial charge in [0.25, 0.3) is 0 Å². The second-order valence-electron chi connectivity index (χ2n) is 4.84. The van der Waals surface area contributed by atoms with Crippen LogP contribution in [-0.2, 0) is 14.6 Å². The fourth-order valence-electron chi connectivity index (χ4n) is 1.82. The first kappa shape index (κ1) is 19.0. The van der Waals surface area contributed by atoms with Crippen LogP contribution >= 0.6 is 11.6 Å². The summed E-state index contributed by atoms with van der Waals surface area (Å²) >= 11 is 5.70. The van der Waals surface area contributed by atoms with Crippen LogP contribution in [0.25, 0.3) is 0 Å². The van der Waals surface area contributed by atoms with Gasteiger partial charge in [-0.2, -0.15) is 8.78 Å². The van der Waals surface area contributed by atoms with Gasteiger partial charge in [0.05, 0.1) is 10.5 Å². The van der Waals surface area contributed by atoms with Crippen molar-refractivity contribution in [2.45, 2.75) is 10.7 Å². The summed E-state index contributed by atoms with van der Waals surface area (Å²) in [4.78, 5) is 23.1. The number of hydrogen-bond acceptors (Lipinski definition) is 5. The molecule has 0 amide bonds. The highest BCUT2D eigenvalue weighted by molar-refractivity contribution is 7.91. The maximum Gasteiger partial charge on any atom is 0.341 e. The highest BCUT2D eigenvalue weighted by Crippen LogP contribution is 2.19. The summed E-state index contributed by atoms with van der Waals surface area (Å²) in [5, 5.41) is 0.451. The number of ketones is 1. The summed E-state index contributed by atoms with van der Waals surface area (Å²) in [5.74, 6) is -4.90. The number of ether oxygens (including phenoxy) is 1. The van der Waals surface area contributed by atoms with Gasteiger partial charge < -0.3 is 4.74 Å². The number of esters is 1. The second-order valence-corrected chi connectivity index (χ2v) is 7.19. The Labute approximate surface area is 147 Å². The van der Waals surface area contributed by atoms with Gasteiger partial charge in [-0.15, -0.1) is 0 Å². The monoisotopic (exact) mass is 388 g/mol. The lowest BCUT2D eigenvalue weighted by molar-refractivity contribution is 0.0474. The SMILES string of the molecule is O=C(COC(=O)c1ccc(S(=O)(=O)C(F)F)cc1)c1ccc(Cl)cc1. The lowest BCUT2D eigenvalue weighted by atomic mass is 10.1. The Hall–Kier alpha value is -2.32. The molecule has 0 spiro atoms. The zero-order valence-electron chi connectivity index (χ0n) is 12.5. The third kappa shape index (κ3) is 4.61. The summed E-state index contributed by atoms with van der Waals surface area (Å²) < 4.78 is 52.3. The molecule has 0 N–H and O–H groups in total. The third-order valence-electron chi connectivity index (χ3n) is 3.15. The van der Waals surface area contributed by atoms with Crippen LogP contribution in [0.2, 0.25) is 5.02 Å². The largest absolute Gasteiger partial charge is 0.454 e. The molecule has 0 saturated carbocycles. The molecule has 0 aromatic heterocycles. The molecule has 2 aromatic carbocycles. The number of carbonyl (C=O) groups is 2. The van der Waals surface area contributed by atoms with Gasteiger partial charge in [0.2, 0.25) is 9.84 Å². The van der Waals surface area contributed by atoms with Crippen LogP contribution in [0.5, 0.6) is 0 Å². The number of hydrogen-bond donors (Lipinski definition) is 0. The summed E-state index contributed by atoms with van der Waals surface area (Å²) in [6.07, 6.45) is 0. The molecule has 0 aliphatic rings. The zero-order chi connectivity index (χ0) is 18.6. The average molecular weight is 389 g/mol. The minimum Gasteiger partial charge on any atom is -0.454 e. The highest BCUT2D eigenvalue weighted by Gasteiger charge is 2.26. The molecule has 2 aromatic rings. The highest BCUT2D eigenvalue weighted by atomic mass is 35.5. The predicted molar refractivity (Wildman–Crippen MR) is 85.7 cm³/mol. The van der Waals surface area contributed by atoms with E-state index in [1.54, 1.807) is 0 Å². The van der Waals surface area contributed by atoms with Gasteiger partial charge in [-0.25, -0.2) is 13.2 Å². The van der Waals surface area contributed by atoms with Crippen LogP contribution in [0.3, 0.4) is 0 Å². The minimum absolute atomic E-state index is 0.0721. The van der Waals surface area contributed by atoms with Crippen molar-refractivity contribution in [1.82, 2.24) is 0 Å². The molecule has 5 nitrogen and oxygen atoms in total. The summed E-state index contributed by atoms with van der Waals surface area (Å²) in [5.41, 5.74) is 0.229. The van der Waals surface area contributed by atoms with Crippen molar-refractivity contribution in [3.63, 3.8) is 0 Å². The third-order valence-corrected chi connectivity index (χ3v) is 4.80. The molecule has 9 heteroatoms. The number of Topliss-reactive ketones (excluding diaryl/α,β-unsaturated/α-hetero) is 1. The lowest BCUT2D eigenvalue weighted by Crippen LogP contribution is -2.15. The van der Waals surface area contributed by atoms with Crippen LogP contribution in [0.1, 0.15) is 20.7 Å². The van der Waals surface area contributed by atoms with E-state index in [9.17, 15) is 26.8 Å². The number of alkyl halides is 2. The van der Waals surface area contributed by atoms with Crippen LogP contribution < -0.4 is 0 Å². The Morgan fingerprint density at radius 2 is 1.48 bits per heavy atom. The van der Waals surface area contributed by atoms with Crippen LogP contribution in [0.4, 0.5) is 8.78 Å². The van der Waals surface area contributed by atoms with Crippen molar-refractivity contribution in [2.24, 2.45) is 0 Å². The molecule has 0 heterocycles. The molecule has 0 bridgehead atoms. The van der Waals surface area contributed by atoms with Crippen molar-refractivity contribution >= 4 is 33.2 Å². The Kier molecular flexibility index (Phi) is 5.86. The molecule has 0 fully saturated rings. The van der Waals surface area contributed by atoms with E-state index in [4.69, 9.17) is 16.3 Å². The van der Waals surface area contributed by atoms with Crippen molar-refractivity contribution in [3.05, 3.63) is 64.7 Å². The molecular weight excluding hydrogens is 378 g/mol. The van der Waals surface area contributed by atoms with E-state index in [1.165, 1.54) is 24.3 Å². The molecule has 132 valence electrons. The maximum atomic E-state index is 12.4. The van der Waals surface area contributed by atoms with Crippen LogP contribution in [0.15, 0.2) is 53.4 Å². The van der Waals surface area contributed by atoms with Gasteiger partial charge in [-0.3, -0.25) is 4.79 Å². The summed E-state index contributed by atoms with van der Waals surface area (Å²) in [7, 11) is -4.73. The standard InChI is InChI=1S/C16H11ClF2O5S/c17-12-5-1-10(2-6-12)14(20)9-24-15(21)11-3-7-13(8-4-11)25(22,23)16(18)19/h1-8,16H,9H2. The zero-order valence-corrected chi connectivity index (χ0v) is 14.1. The van der Waals surface area contributed by atoms with Crippen molar-refractivity contribution in [2.75, 3.05) is 6.61 Å². The normalized spacial score (nSPS) is 11.4. The molecule has 0 radical (unpaired) electrons. The Balaban J connectivity index is 2.01. The molecule has 0 aliphatic carbocycles. The van der Waals surface area contributed by atoms with Crippen molar-refractivity contribution in [1.29, 1.82) is 0 Å². The molecular formula is C16H11ClF2O5S. The molecule has 25 heavy (non-hydrogen) atoms. The van der Waals surface area contributed by atoms with E-state index in [1.807, 2.05) is 0 Å².